The zero-order valence-corrected chi connectivity index (χ0v) is 20.3. The quantitative estimate of drug-likeness (QED) is 0.388. The Kier molecular flexibility index (Phi) is 9.17. The molecule has 2 aromatic rings. The number of rotatable bonds is 11. The summed E-state index contributed by atoms with van der Waals surface area (Å²) in [6.07, 6.45) is -0.0346. The number of carbonyl (C=O) groups is 3. The van der Waals surface area contributed by atoms with Gasteiger partial charge < -0.3 is 26.4 Å². The Morgan fingerprint density at radius 2 is 1.88 bits per heavy atom. The van der Waals surface area contributed by atoms with Crippen molar-refractivity contribution in [1.82, 2.24) is 20.2 Å². The summed E-state index contributed by atoms with van der Waals surface area (Å²) < 4.78 is 0. The Hall–Kier alpha value is -3.89. The van der Waals surface area contributed by atoms with Gasteiger partial charge in [-0.1, -0.05) is 19.1 Å². The van der Waals surface area contributed by atoms with E-state index < -0.39 is 18.0 Å². The number of aryl methyl sites for hydroxylation is 1. The molecule has 0 fully saturated rings. The summed E-state index contributed by atoms with van der Waals surface area (Å²) in [4.78, 5) is 47.2. The lowest BCUT2D eigenvalue weighted by Crippen LogP contribution is -2.45. The molecule has 0 saturated carbocycles. The van der Waals surface area contributed by atoms with Gasteiger partial charge in [0.2, 0.25) is 5.91 Å². The van der Waals surface area contributed by atoms with Crippen LogP contribution in [0, 0.1) is 0 Å². The average Bonchev–Trinajstić information content (AvgIpc) is 2.82. The molecule has 3 amide bonds. The van der Waals surface area contributed by atoms with Gasteiger partial charge in [0, 0.05) is 32.9 Å². The minimum absolute atomic E-state index is 0.0688. The number of anilines is 3. The number of primary amides is 1. The SMILES string of the molecule is CCc1nc(C(N)=O)c(Nc2cccc(CCNC(=O)[C@H](C)N(C)C(=O)O)c2)nc1N(C)CC. The van der Waals surface area contributed by atoms with Gasteiger partial charge in [-0.2, -0.15) is 0 Å². The molecule has 1 aromatic carbocycles. The second kappa shape index (κ2) is 11.8. The molecule has 34 heavy (non-hydrogen) atoms. The molecule has 0 spiro atoms. The lowest BCUT2D eigenvalue weighted by molar-refractivity contribution is -0.124. The molecule has 0 saturated heterocycles. The summed E-state index contributed by atoms with van der Waals surface area (Å²) >= 11 is 0. The van der Waals surface area contributed by atoms with Crippen LogP contribution < -0.4 is 21.3 Å². The number of aromatic nitrogens is 2. The highest BCUT2D eigenvalue weighted by Gasteiger charge is 2.21. The lowest BCUT2D eigenvalue weighted by atomic mass is 10.1. The summed E-state index contributed by atoms with van der Waals surface area (Å²) in [6.45, 7) is 6.53. The van der Waals surface area contributed by atoms with Crippen molar-refractivity contribution in [3.8, 4) is 0 Å². The lowest BCUT2D eigenvalue weighted by Gasteiger charge is -2.21. The van der Waals surface area contributed by atoms with Crippen molar-refractivity contribution >= 4 is 35.2 Å². The van der Waals surface area contributed by atoms with Crippen molar-refractivity contribution in [3.63, 3.8) is 0 Å². The first kappa shape index (κ1) is 26.4. The number of nitrogens with two attached hydrogens (primary N) is 1. The third-order valence-corrected chi connectivity index (χ3v) is 5.52. The van der Waals surface area contributed by atoms with Crippen molar-refractivity contribution in [3.05, 3.63) is 41.2 Å². The third-order valence-electron chi connectivity index (χ3n) is 5.52. The van der Waals surface area contributed by atoms with Crippen LogP contribution in [0.25, 0.3) is 0 Å². The summed E-state index contributed by atoms with van der Waals surface area (Å²) in [5.74, 6) is -0.0911. The predicted molar refractivity (Wildman–Crippen MR) is 131 cm³/mol. The van der Waals surface area contributed by atoms with Crippen molar-refractivity contribution in [2.45, 2.75) is 39.7 Å². The summed E-state index contributed by atoms with van der Waals surface area (Å²) in [7, 11) is 3.25. The fraction of sp³-hybridized carbons (Fsp3) is 0.435. The maximum absolute atomic E-state index is 12.2. The smallest absolute Gasteiger partial charge is 0.407 e. The van der Waals surface area contributed by atoms with Crippen molar-refractivity contribution in [1.29, 1.82) is 0 Å². The summed E-state index contributed by atoms with van der Waals surface area (Å²) in [6, 6.07) is 6.66. The Morgan fingerprint density at radius 1 is 1.18 bits per heavy atom. The third kappa shape index (κ3) is 6.56. The molecule has 0 unspecified atom stereocenters. The molecule has 0 radical (unpaired) electrons. The second-order valence-electron chi connectivity index (χ2n) is 7.86. The molecule has 11 nitrogen and oxygen atoms in total. The predicted octanol–water partition coefficient (Wildman–Crippen LogP) is 1.99. The molecule has 1 heterocycles. The minimum atomic E-state index is -1.17. The van der Waals surface area contributed by atoms with Gasteiger partial charge in [-0.15, -0.1) is 0 Å². The number of nitrogens with zero attached hydrogens (tertiary/aromatic N) is 4. The molecular weight excluding hydrogens is 438 g/mol. The normalized spacial score (nSPS) is 11.4. The van der Waals surface area contributed by atoms with Crippen LogP contribution in [-0.2, 0) is 17.6 Å². The van der Waals surface area contributed by atoms with Gasteiger partial charge >= 0.3 is 6.09 Å². The molecule has 1 aromatic heterocycles. The Bertz CT molecular complexity index is 1040. The molecule has 11 heteroatoms. The van der Waals surface area contributed by atoms with Gasteiger partial charge in [-0.3, -0.25) is 14.5 Å². The zero-order valence-electron chi connectivity index (χ0n) is 20.3. The number of hydrogen-bond acceptors (Lipinski definition) is 7. The number of amides is 3. The number of carboxylic acid groups (broad SMARTS) is 1. The van der Waals surface area contributed by atoms with E-state index in [1.807, 2.05) is 50.1 Å². The number of nitrogens with one attached hydrogen (secondary N) is 2. The van der Waals surface area contributed by atoms with E-state index >= 15 is 0 Å². The van der Waals surface area contributed by atoms with Crippen LogP contribution in [0.2, 0.25) is 0 Å². The van der Waals surface area contributed by atoms with Crippen LogP contribution in [0.1, 0.15) is 42.5 Å². The molecule has 5 N–H and O–H groups in total. The first-order chi connectivity index (χ1) is 16.1. The molecule has 0 aliphatic heterocycles. The fourth-order valence-electron chi connectivity index (χ4n) is 3.17. The highest BCUT2D eigenvalue weighted by atomic mass is 16.4. The van der Waals surface area contributed by atoms with Crippen molar-refractivity contribution in [2.24, 2.45) is 5.73 Å². The standard InChI is InChI=1S/C23H33N7O4/c1-6-17-21(29(4)7-2)28-20(18(27-17)19(24)31)26-16-10-8-9-15(13-16)11-12-25-22(32)14(3)30(5)23(33)34/h8-10,13-14H,6-7,11-12H2,1-5H3,(H2,24,31)(H,25,32)(H,26,28)(H,33,34)/t14-/m0/s1. The highest BCUT2D eigenvalue weighted by Crippen LogP contribution is 2.24. The van der Waals surface area contributed by atoms with E-state index in [0.29, 0.717) is 36.6 Å². The number of benzene rings is 1. The fourth-order valence-corrected chi connectivity index (χ4v) is 3.17. The van der Waals surface area contributed by atoms with Gasteiger partial charge in [0.05, 0.1) is 5.69 Å². The number of hydrogen-bond donors (Lipinski definition) is 4. The first-order valence-electron chi connectivity index (χ1n) is 11.1. The minimum Gasteiger partial charge on any atom is -0.465 e. The van der Waals surface area contributed by atoms with Crippen molar-refractivity contribution in [2.75, 3.05) is 37.4 Å². The highest BCUT2D eigenvalue weighted by molar-refractivity contribution is 5.96. The molecule has 184 valence electrons. The maximum atomic E-state index is 12.2. The van der Waals surface area contributed by atoms with E-state index in [4.69, 9.17) is 10.8 Å². The summed E-state index contributed by atoms with van der Waals surface area (Å²) in [5.41, 5.74) is 7.94. The largest absolute Gasteiger partial charge is 0.465 e. The van der Waals surface area contributed by atoms with Crippen LogP contribution in [0.15, 0.2) is 24.3 Å². The van der Waals surface area contributed by atoms with Gasteiger partial charge in [0.1, 0.15) is 6.04 Å². The van der Waals surface area contributed by atoms with Crippen LogP contribution in [0.5, 0.6) is 0 Å². The molecule has 0 bridgehead atoms. The van der Waals surface area contributed by atoms with Gasteiger partial charge in [-0.25, -0.2) is 14.8 Å². The number of likely N-dealkylation sites (N-methyl/N-ethyl adjacent to an activating group) is 1. The maximum Gasteiger partial charge on any atom is 0.407 e. The van der Waals surface area contributed by atoms with E-state index in [-0.39, 0.29) is 17.4 Å². The zero-order chi connectivity index (χ0) is 25.4. The molecule has 0 aliphatic rings. The second-order valence-corrected chi connectivity index (χ2v) is 7.86. The van der Waals surface area contributed by atoms with Gasteiger partial charge in [0.25, 0.3) is 5.91 Å². The number of carbonyl (C=O) groups excluding carboxylic acids is 2. The average molecular weight is 472 g/mol. The van der Waals surface area contributed by atoms with Crippen LogP contribution >= 0.6 is 0 Å². The monoisotopic (exact) mass is 471 g/mol. The van der Waals surface area contributed by atoms with E-state index in [0.717, 1.165) is 17.0 Å². The Morgan fingerprint density at radius 3 is 2.47 bits per heavy atom. The molecule has 2 rings (SSSR count). The Balaban J connectivity index is 2.16. The topological polar surface area (TPSA) is 154 Å². The first-order valence-corrected chi connectivity index (χ1v) is 11.1. The van der Waals surface area contributed by atoms with E-state index in [1.54, 1.807) is 0 Å². The molecule has 1 atom stereocenters. The van der Waals surface area contributed by atoms with E-state index in [2.05, 4.69) is 20.6 Å². The van der Waals surface area contributed by atoms with Gasteiger partial charge in [0.15, 0.2) is 17.3 Å². The van der Waals surface area contributed by atoms with Crippen molar-refractivity contribution < 1.29 is 19.5 Å². The van der Waals surface area contributed by atoms with Crippen LogP contribution in [0.3, 0.4) is 0 Å². The van der Waals surface area contributed by atoms with Crippen LogP contribution in [-0.4, -0.2) is 71.1 Å². The van der Waals surface area contributed by atoms with Crippen LogP contribution in [0.4, 0.5) is 22.1 Å². The Labute approximate surface area is 199 Å². The summed E-state index contributed by atoms with van der Waals surface area (Å²) in [5, 5.41) is 14.9. The molecular formula is C23H33N7O4. The van der Waals surface area contributed by atoms with E-state index in [9.17, 15) is 14.4 Å². The van der Waals surface area contributed by atoms with Gasteiger partial charge in [-0.05, 0) is 44.4 Å². The molecule has 0 aliphatic carbocycles. The van der Waals surface area contributed by atoms with E-state index in [1.165, 1.54) is 14.0 Å².